The summed E-state index contributed by atoms with van der Waals surface area (Å²) in [5.74, 6) is 0. The van der Waals surface area contributed by atoms with Gasteiger partial charge in [0.25, 0.3) is 0 Å². The van der Waals surface area contributed by atoms with Crippen LogP contribution in [-0.2, 0) is 17.8 Å². The Labute approximate surface area is 141 Å². The van der Waals surface area contributed by atoms with Crippen LogP contribution in [0.4, 0.5) is 0 Å². The van der Waals surface area contributed by atoms with Gasteiger partial charge in [0.1, 0.15) is 5.01 Å². The van der Waals surface area contributed by atoms with Crippen molar-refractivity contribution in [2.45, 2.75) is 33.0 Å². The van der Waals surface area contributed by atoms with E-state index in [4.69, 9.17) is 4.74 Å². The van der Waals surface area contributed by atoms with Crippen LogP contribution in [0, 0.1) is 13.8 Å². The third kappa shape index (κ3) is 3.80. The van der Waals surface area contributed by atoms with Gasteiger partial charge in [0.15, 0.2) is 0 Å². The maximum absolute atomic E-state index is 5.73. The molecule has 2 aromatic rings. The average Bonchev–Trinajstić information content (AvgIpc) is 3.06. The molecule has 0 bridgehead atoms. The second-order valence-corrected chi connectivity index (χ2v) is 7.57. The van der Waals surface area contributed by atoms with Crippen LogP contribution in [0.3, 0.4) is 0 Å². The molecule has 3 rings (SSSR count). The predicted octanol–water partition coefficient (Wildman–Crippen LogP) is 2.12. The summed E-state index contributed by atoms with van der Waals surface area (Å²) in [7, 11) is 4.17. The molecule has 1 N–H and O–H groups in total. The maximum atomic E-state index is 5.73. The molecule has 1 unspecified atom stereocenters. The molecule has 7 heteroatoms. The van der Waals surface area contributed by atoms with Crippen LogP contribution >= 0.6 is 11.3 Å². The summed E-state index contributed by atoms with van der Waals surface area (Å²) in [5, 5.41) is 8.61. The first-order valence-electron chi connectivity index (χ1n) is 7.96. The number of ether oxygens (including phenoxy) is 1. The van der Waals surface area contributed by atoms with Crippen LogP contribution < -0.4 is 0 Å². The summed E-state index contributed by atoms with van der Waals surface area (Å²) >= 11 is 1.80. The Morgan fingerprint density at radius 2 is 2.26 bits per heavy atom. The van der Waals surface area contributed by atoms with E-state index in [0.29, 0.717) is 0 Å². The van der Waals surface area contributed by atoms with Gasteiger partial charge < -0.3 is 9.64 Å². The van der Waals surface area contributed by atoms with Gasteiger partial charge >= 0.3 is 0 Å². The van der Waals surface area contributed by atoms with Crippen molar-refractivity contribution >= 4 is 11.3 Å². The number of aromatic nitrogens is 3. The molecule has 2 aromatic heterocycles. The molecule has 0 spiro atoms. The molecule has 1 aliphatic heterocycles. The molecule has 0 aliphatic carbocycles. The van der Waals surface area contributed by atoms with Gasteiger partial charge in [-0.2, -0.15) is 5.10 Å². The highest BCUT2D eigenvalue weighted by molar-refractivity contribution is 7.11. The lowest BCUT2D eigenvalue weighted by Crippen LogP contribution is -2.39. The maximum Gasteiger partial charge on any atom is 0.107 e. The quantitative estimate of drug-likeness (QED) is 0.907. The zero-order valence-electron chi connectivity index (χ0n) is 14.3. The fraction of sp³-hybridized carbons (Fsp3) is 0.625. The van der Waals surface area contributed by atoms with E-state index < -0.39 is 0 Å². The minimum Gasteiger partial charge on any atom is -0.378 e. The summed E-state index contributed by atoms with van der Waals surface area (Å²) in [6.07, 6.45) is 2.00. The van der Waals surface area contributed by atoms with E-state index in [0.717, 1.165) is 44.2 Å². The third-order valence-corrected chi connectivity index (χ3v) is 5.14. The normalized spacial score (nSPS) is 19.6. The number of H-pyrrole nitrogens is 1. The fourth-order valence-electron chi connectivity index (χ4n) is 3.12. The van der Waals surface area contributed by atoms with Crippen LogP contribution in [-0.4, -0.2) is 58.8 Å². The third-order valence-electron chi connectivity index (χ3n) is 4.17. The number of hydrogen-bond acceptors (Lipinski definition) is 6. The van der Waals surface area contributed by atoms with Gasteiger partial charge in [-0.15, -0.1) is 11.3 Å². The first kappa shape index (κ1) is 16.6. The Balaban J connectivity index is 1.75. The van der Waals surface area contributed by atoms with Gasteiger partial charge in [0, 0.05) is 35.4 Å². The van der Waals surface area contributed by atoms with Gasteiger partial charge in [-0.05, 0) is 27.9 Å². The van der Waals surface area contributed by atoms with Crippen molar-refractivity contribution in [1.82, 2.24) is 25.0 Å². The van der Waals surface area contributed by atoms with Crippen molar-refractivity contribution in [2.75, 3.05) is 33.9 Å². The van der Waals surface area contributed by atoms with Gasteiger partial charge in [-0.1, -0.05) is 0 Å². The molecular weight excluding hydrogens is 310 g/mol. The van der Waals surface area contributed by atoms with Crippen molar-refractivity contribution in [3.05, 3.63) is 33.0 Å². The highest BCUT2D eigenvalue weighted by Gasteiger charge is 2.29. The molecule has 23 heavy (non-hydrogen) atoms. The monoisotopic (exact) mass is 335 g/mol. The SMILES string of the molecule is Cc1n[nH]c(C)c1C1COCCN1Cc1ncc(CN(C)C)s1. The topological polar surface area (TPSA) is 57.3 Å². The summed E-state index contributed by atoms with van der Waals surface area (Å²) < 4.78 is 5.73. The molecule has 0 saturated carbocycles. The molecule has 126 valence electrons. The lowest BCUT2D eigenvalue weighted by atomic mass is 10.0. The Morgan fingerprint density at radius 3 is 2.96 bits per heavy atom. The number of nitrogens with zero attached hydrogens (tertiary/aromatic N) is 4. The number of morpholine rings is 1. The summed E-state index contributed by atoms with van der Waals surface area (Å²) in [6.45, 7) is 8.39. The smallest absolute Gasteiger partial charge is 0.107 e. The van der Waals surface area contributed by atoms with Crippen molar-refractivity contribution in [3.8, 4) is 0 Å². The number of aromatic amines is 1. The summed E-state index contributed by atoms with van der Waals surface area (Å²) in [4.78, 5) is 10.6. The van der Waals surface area contributed by atoms with E-state index >= 15 is 0 Å². The highest BCUT2D eigenvalue weighted by atomic mass is 32.1. The van der Waals surface area contributed by atoms with Gasteiger partial charge in [0.05, 0.1) is 31.5 Å². The Hall–Kier alpha value is -1.28. The molecule has 1 aliphatic rings. The van der Waals surface area contributed by atoms with Crippen LogP contribution in [0.25, 0.3) is 0 Å². The Bertz CT molecular complexity index is 631. The molecule has 1 atom stereocenters. The molecular formula is C16H25N5OS. The second kappa shape index (κ2) is 7.09. The Morgan fingerprint density at radius 1 is 1.43 bits per heavy atom. The predicted molar refractivity (Wildman–Crippen MR) is 91.5 cm³/mol. The number of hydrogen-bond donors (Lipinski definition) is 1. The fourth-order valence-corrected chi connectivity index (χ4v) is 4.19. The molecule has 6 nitrogen and oxygen atoms in total. The number of nitrogens with one attached hydrogen (secondary N) is 1. The van der Waals surface area contributed by atoms with Crippen molar-refractivity contribution < 1.29 is 4.74 Å². The largest absolute Gasteiger partial charge is 0.378 e. The highest BCUT2D eigenvalue weighted by Crippen LogP contribution is 2.30. The summed E-state index contributed by atoms with van der Waals surface area (Å²) in [5.41, 5.74) is 3.47. The minimum atomic E-state index is 0.253. The Kier molecular flexibility index (Phi) is 5.11. The lowest BCUT2D eigenvalue weighted by Gasteiger charge is -2.35. The van der Waals surface area contributed by atoms with Crippen molar-refractivity contribution in [3.63, 3.8) is 0 Å². The van der Waals surface area contributed by atoms with Crippen molar-refractivity contribution in [1.29, 1.82) is 0 Å². The van der Waals surface area contributed by atoms with Crippen molar-refractivity contribution in [2.24, 2.45) is 0 Å². The number of thiazole rings is 1. The van der Waals surface area contributed by atoms with E-state index in [2.05, 4.69) is 52.9 Å². The molecule has 0 radical (unpaired) electrons. The summed E-state index contributed by atoms with van der Waals surface area (Å²) in [6, 6.07) is 0.253. The van der Waals surface area contributed by atoms with E-state index in [1.165, 1.54) is 15.4 Å². The van der Waals surface area contributed by atoms with E-state index in [-0.39, 0.29) is 6.04 Å². The number of rotatable bonds is 5. The molecule has 1 saturated heterocycles. The second-order valence-electron chi connectivity index (χ2n) is 6.37. The van der Waals surface area contributed by atoms with Crippen LogP contribution in [0.1, 0.15) is 32.9 Å². The molecule has 0 amide bonds. The number of aryl methyl sites for hydroxylation is 2. The molecule has 0 aromatic carbocycles. The minimum absolute atomic E-state index is 0.253. The molecule has 3 heterocycles. The average molecular weight is 335 g/mol. The van der Waals surface area contributed by atoms with Crippen LogP contribution in [0.2, 0.25) is 0 Å². The van der Waals surface area contributed by atoms with Gasteiger partial charge in [0.2, 0.25) is 0 Å². The first-order valence-corrected chi connectivity index (χ1v) is 8.78. The molecule has 1 fully saturated rings. The standard InChI is InChI=1S/C16H25N5OS/c1-11-16(12(2)19-18-11)14-10-22-6-5-21(14)9-15-17-7-13(23-15)8-20(3)4/h7,14H,5-6,8-10H2,1-4H3,(H,18,19). The van der Waals surface area contributed by atoms with Gasteiger partial charge in [-0.25, -0.2) is 4.98 Å². The van der Waals surface area contributed by atoms with E-state index in [1.54, 1.807) is 11.3 Å². The van der Waals surface area contributed by atoms with E-state index in [1.807, 2.05) is 6.20 Å². The van der Waals surface area contributed by atoms with Gasteiger partial charge in [-0.3, -0.25) is 10.00 Å². The van der Waals surface area contributed by atoms with E-state index in [9.17, 15) is 0 Å². The lowest BCUT2D eigenvalue weighted by molar-refractivity contribution is -0.0131. The zero-order chi connectivity index (χ0) is 16.4. The first-order chi connectivity index (χ1) is 11.0. The van der Waals surface area contributed by atoms with Crippen LogP contribution in [0.15, 0.2) is 6.20 Å². The van der Waals surface area contributed by atoms with Crippen LogP contribution in [0.5, 0.6) is 0 Å². The zero-order valence-corrected chi connectivity index (χ0v) is 15.1.